The van der Waals surface area contributed by atoms with Gasteiger partial charge in [-0.2, -0.15) is 5.10 Å². The fourth-order valence-electron chi connectivity index (χ4n) is 2.17. The minimum Gasteiger partial charge on any atom is -0.320 e. The van der Waals surface area contributed by atoms with Crippen LogP contribution in [0, 0.1) is 6.92 Å². The van der Waals surface area contributed by atoms with Gasteiger partial charge in [-0.05, 0) is 37.3 Å². The van der Waals surface area contributed by atoms with Gasteiger partial charge >= 0.3 is 0 Å². The number of carbonyl (C=O) groups is 1. The lowest BCUT2D eigenvalue weighted by Gasteiger charge is -2.09. The maximum absolute atomic E-state index is 12.4. The smallest absolute Gasteiger partial charge is 0.280 e. The first-order valence-corrected chi connectivity index (χ1v) is 8.13. The first-order valence-electron chi connectivity index (χ1n) is 7.37. The summed E-state index contributed by atoms with van der Waals surface area (Å²) in [4.78, 5) is 24.4. The van der Waals surface area contributed by atoms with Crippen molar-refractivity contribution < 1.29 is 4.79 Å². The molecule has 2 aromatic carbocycles. The summed E-state index contributed by atoms with van der Waals surface area (Å²) in [5.41, 5.74) is 1.58. The van der Waals surface area contributed by atoms with Crippen molar-refractivity contribution in [2.45, 2.75) is 6.92 Å². The maximum atomic E-state index is 12.4. The largest absolute Gasteiger partial charge is 0.320 e. The minimum atomic E-state index is -0.621. The van der Waals surface area contributed by atoms with Crippen LogP contribution in [0.1, 0.15) is 16.1 Å². The second kappa shape index (κ2) is 7.09. The average Bonchev–Trinajstić information content (AvgIpc) is 2.59. The van der Waals surface area contributed by atoms with Gasteiger partial charge in [-0.25, -0.2) is 4.68 Å². The van der Waals surface area contributed by atoms with Crippen LogP contribution in [0.4, 0.5) is 5.69 Å². The highest BCUT2D eigenvalue weighted by Crippen LogP contribution is 2.25. The van der Waals surface area contributed by atoms with Gasteiger partial charge in [-0.3, -0.25) is 9.59 Å². The van der Waals surface area contributed by atoms with Crippen molar-refractivity contribution in [3.05, 3.63) is 86.3 Å². The Labute approximate surface area is 153 Å². The molecule has 0 unspecified atom stereocenters. The number of anilines is 1. The Morgan fingerprint density at radius 3 is 2.44 bits per heavy atom. The van der Waals surface area contributed by atoms with Gasteiger partial charge in [-0.1, -0.05) is 40.9 Å². The van der Waals surface area contributed by atoms with Crippen LogP contribution in [0.3, 0.4) is 0 Å². The van der Waals surface area contributed by atoms with Crippen LogP contribution < -0.4 is 10.7 Å². The molecule has 0 aliphatic rings. The quantitative estimate of drug-likeness (QED) is 0.751. The lowest BCUT2D eigenvalue weighted by molar-refractivity contribution is 0.101. The molecular weight excluding hydrogens is 361 g/mol. The van der Waals surface area contributed by atoms with E-state index in [-0.39, 0.29) is 5.69 Å². The van der Waals surface area contributed by atoms with E-state index < -0.39 is 11.3 Å². The van der Waals surface area contributed by atoms with E-state index in [1.165, 1.54) is 23.0 Å². The van der Waals surface area contributed by atoms with Gasteiger partial charge in [0.1, 0.15) is 0 Å². The number of nitrogens with zero attached hydrogens (tertiary/aromatic N) is 2. The van der Waals surface area contributed by atoms with Gasteiger partial charge < -0.3 is 5.32 Å². The summed E-state index contributed by atoms with van der Waals surface area (Å²) < 4.78 is 1.48. The summed E-state index contributed by atoms with van der Waals surface area (Å²) in [5.74, 6) is -0.621. The Hall–Kier alpha value is -2.63. The fourth-order valence-corrected chi connectivity index (χ4v) is 2.47. The molecule has 0 atom stereocenters. The number of amides is 1. The third kappa shape index (κ3) is 3.90. The summed E-state index contributed by atoms with van der Waals surface area (Å²) in [6.07, 6.45) is 1.52. The molecule has 3 rings (SSSR count). The van der Waals surface area contributed by atoms with Gasteiger partial charge in [0.2, 0.25) is 5.43 Å². The Morgan fingerprint density at radius 2 is 1.76 bits per heavy atom. The first kappa shape index (κ1) is 17.2. The molecule has 5 nitrogen and oxygen atoms in total. The molecule has 1 aromatic heterocycles. The number of nitrogens with one attached hydrogen (secondary N) is 1. The predicted octanol–water partition coefficient (Wildman–Crippen LogP) is 4.10. The molecular formula is C18H13Cl2N3O2. The van der Waals surface area contributed by atoms with Crippen LogP contribution >= 0.6 is 23.2 Å². The summed E-state index contributed by atoms with van der Waals surface area (Å²) in [7, 11) is 0. The number of aryl methyl sites for hydroxylation is 1. The predicted molar refractivity (Wildman–Crippen MR) is 99.0 cm³/mol. The molecule has 1 heterocycles. The van der Waals surface area contributed by atoms with Gasteiger partial charge in [0.05, 0.1) is 15.7 Å². The van der Waals surface area contributed by atoms with Crippen LogP contribution in [-0.2, 0) is 0 Å². The van der Waals surface area contributed by atoms with Gasteiger partial charge in [0.15, 0.2) is 5.69 Å². The Balaban J connectivity index is 1.91. The Kier molecular flexibility index (Phi) is 4.88. The van der Waals surface area contributed by atoms with Crippen molar-refractivity contribution in [1.82, 2.24) is 9.78 Å². The molecule has 1 amide bonds. The van der Waals surface area contributed by atoms with Crippen LogP contribution in [0.15, 0.2) is 59.5 Å². The van der Waals surface area contributed by atoms with Crippen molar-refractivity contribution in [3.8, 4) is 5.69 Å². The second-order valence-corrected chi connectivity index (χ2v) is 6.21. The highest BCUT2D eigenvalue weighted by Gasteiger charge is 2.14. The molecule has 0 aliphatic heterocycles. The molecule has 25 heavy (non-hydrogen) atoms. The van der Waals surface area contributed by atoms with E-state index in [2.05, 4.69) is 10.4 Å². The number of halogens is 2. The van der Waals surface area contributed by atoms with Gasteiger partial charge in [-0.15, -0.1) is 0 Å². The molecule has 7 heteroatoms. The van der Waals surface area contributed by atoms with E-state index in [1.807, 2.05) is 31.2 Å². The van der Waals surface area contributed by atoms with E-state index in [0.29, 0.717) is 15.7 Å². The van der Waals surface area contributed by atoms with E-state index in [0.717, 1.165) is 11.3 Å². The molecule has 0 bridgehead atoms. The van der Waals surface area contributed by atoms with Crippen LogP contribution in [0.25, 0.3) is 5.69 Å². The van der Waals surface area contributed by atoms with Crippen molar-refractivity contribution >= 4 is 34.8 Å². The lowest BCUT2D eigenvalue weighted by Crippen LogP contribution is -2.25. The van der Waals surface area contributed by atoms with Crippen LogP contribution in [0.2, 0.25) is 10.0 Å². The van der Waals surface area contributed by atoms with E-state index in [9.17, 15) is 9.59 Å². The lowest BCUT2D eigenvalue weighted by atomic mass is 10.2. The highest BCUT2D eigenvalue weighted by atomic mass is 35.5. The van der Waals surface area contributed by atoms with E-state index in [1.54, 1.807) is 12.1 Å². The number of hydrogen-bond acceptors (Lipinski definition) is 3. The molecule has 0 aliphatic carbocycles. The van der Waals surface area contributed by atoms with E-state index in [4.69, 9.17) is 23.2 Å². The second-order valence-electron chi connectivity index (χ2n) is 5.39. The van der Waals surface area contributed by atoms with Gasteiger partial charge in [0, 0.05) is 18.0 Å². The number of benzene rings is 2. The topological polar surface area (TPSA) is 64.0 Å². The number of hydrogen-bond donors (Lipinski definition) is 1. The molecule has 0 saturated heterocycles. The molecule has 0 spiro atoms. The third-order valence-corrected chi connectivity index (χ3v) is 4.24. The zero-order chi connectivity index (χ0) is 18.0. The van der Waals surface area contributed by atoms with Crippen LogP contribution in [-0.4, -0.2) is 15.7 Å². The molecule has 0 radical (unpaired) electrons. The monoisotopic (exact) mass is 373 g/mol. The van der Waals surface area contributed by atoms with Crippen molar-refractivity contribution in [2.24, 2.45) is 0 Å². The first-order chi connectivity index (χ1) is 11.9. The number of carbonyl (C=O) groups excluding carboxylic acids is 1. The van der Waals surface area contributed by atoms with Gasteiger partial charge in [0.25, 0.3) is 5.91 Å². The summed E-state index contributed by atoms with van der Waals surface area (Å²) in [5, 5.41) is 7.42. The third-order valence-electron chi connectivity index (χ3n) is 3.50. The normalized spacial score (nSPS) is 10.5. The zero-order valence-corrected chi connectivity index (χ0v) is 14.7. The minimum absolute atomic E-state index is 0.214. The fraction of sp³-hybridized carbons (Fsp3) is 0.0556. The Morgan fingerprint density at radius 1 is 1.04 bits per heavy atom. The summed E-state index contributed by atoms with van der Waals surface area (Å²) in [6, 6.07) is 13.5. The number of rotatable bonds is 3. The molecule has 3 aromatic rings. The summed E-state index contributed by atoms with van der Waals surface area (Å²) in [6.45, 7) is 1.97. The standard InChI is InChI=1S/C18H13Cl2N3O2/c1-11-2-5-13(6-3-11)23-9-8-16(24)17(22-23)18(25)21-12-4-7-14(19)15(20)10-12/h2-10H,1H3,(H,21,25). The van der Waals surface area contributed by atoms with E-state index >= 15 is 0 Å². The molecule has 1 N–H and O–H groups in total. The molecule has 126 valence electrons. The Bertz CT molecular complexity index is 998. The summed E-state index contributed by atoms with van der Waals surface area (Å²) >= 11 is 11.8. The molecule has 0 fully saturated rings. The van der Waals surface area contributed by atoms with Crippen molar-refractivity contribution in [2.75, 3.05) is 5.32 Å². The van der Waals surface area contributed by atoms with Crippen LogP contribution in [0.5, 0.6) is 0 Å². The maximum Gasteiger partial charge on any atom is 0.280 e. The van der Waals surface area contributed by atoms with Crippen molar-refractivity contribution in [3.63, 3.8) is 0 Å². The highest BCUT2D eigenvalue weighted by molar-refractivity contribution is 6.42. The number of aromatic nitrogens is 2. The SMILES string of the molecule is Cc1ccc(-n2ccc(=O)c(C(=O)Nc3ccc(Cl)c(Cl)c3)n2)cc1. The average molecular weight is 374 g/mol. The van der Waals surface area contributed by atoms with Crippen molar-refractivity contribution in [1.29, 1.82) is 0 Å². The molecule has 0 saturated carbocycles. The zero-order valence-electron chi connectivity index (χ0n) is 13.2.